The average molecular weight is 251 g/mol. The van der Waals surface area contributed by atoms with Crippen LogP contribution in [0, 0.1) is 0 Å². The number of anilines is 1. The first-order valence-corrected chi connectivity index (χ1v) is 6.39. The van der Waals surface area contributed by atoms with Crippen molar-refractivity contribution in [2.45, 2.75) is 38.3 Å². The largest absolute Gasteiger partial charge is 0.318 e. The number of amides is 1. The molecule has 1 aromatic heterocycles. The zero-order valence-electron chi connectivity index (χ0n) is 10.9. The van der Waals surface area contributed by atoms with Gasteiger partial charge in [-0.15, -0.1) is 0 Å². The smallest absolute Gasteiger partial charge is 0.245 e. The van der Waals surface area contributed by atoms with Gasteiger partial charge in [0.1, 0.15) is 5.82 Å². The first kappa shape index (κ1) is 13.0. The Labute approximate surface area is 107 Å². The molecule has 6 nitrogen and oxygen atoms in total. The Balaban J connectivity index is 2.05. The Morgan fingerprint density at radius 3 is 3.00 bits per heavy atom. The molecule has 6 heteroatoms. The summed E-state index contributed by atoms with van der Waals surface area (Å²) in [5, 5.41) is 10.3. The van der Waals surface area contributed by atoms with Crippen molar-refractivity contribution in [2.75, 3.05) is 18.4 Å². The highest BCUT2D eigenvalue weighted by atomic mass is 16.2. The van der Waals surface area contributed by atoms with Crippen LogP contribution in [0.2, 0.25) is 0 Å². The van der Waals surface area contributed by atoms with Gasteiger partial charge in [-0.05, 0) is 13.3 Å². The molecule has 0 aromatic carbocycles. The second kappa shape index (κ2) is 5.07. The van der Waals surface area contributed by atoms with Gasteiger partial charge in [-0.25, -0.2) is 4.68 Å². The molecule has 0 saturated carbocycles. The molecule has 100 valence electrons. The molecule has 0 radical (unpaired) electrons. The maximum Gasteiger partial charge on any atom is 0.245 e. The number of carbonyl (C=O) groups excluding carboxylic acids is 1. The lowest BCUT2D eigenvalue weighted by molar-refractivity contribution is -0.120. The van der Waals surface area contributed by atoms with Crippen molar-refractivity contribution in [3.63, 3.8) is 0 Å². The van der Waals surface area contributed by atoms with E-state index >= 15 is 0 Å². The number of nitrogens with zero attached hydrogens (tertiary/aromatic N) is 2. The van der Waals surface area contributed by atoms with Gasteiger partial charge in [0.05, 0.1) is 17.8 Å². The van der Waals surface area contributed by atoms with Crippen LogP contribution in [0.15, 0.2) is 12.3 Å². The minimum atomic E-state index is -0.832. The Bertz CT molecular complexity index is 422. The molecule has 0 aliphatic carbocycles. The van der Waals surface area contributed by atoms with E-state index in [-0.39, 0.29) is 5.91 Å². The van der Waals surface area contributed by atoms with Crippen molar-refractivity contribution in [3.05, 3.63) is 12.3 Å². The topological polar surface area (TPSA) is 85.0 Å². The molecule has 1 aliphatic rings. The Morgan fingerprint density at radius 1 is 1.72 bits per heavy atom. The second-order valence-corrected chi connectivity index (χ2v) is 5.09. The SMILES string of the molecule is CCCC(C)(N)C(=O)Nc1ccnn1C1CNC1. The van der Waals surface area contributed by atoms with Crippen molar-refractivity contribution in [3.8, 4) is 0 Å². The summed E-state index contributed by atoms with van der Waals surface area (Å²) >= 11 is 0. The van der Waals surface area contributed by atoms with Gasteiger partial charge < -0.3 is 16.4 Å². The number of nitrogens with two attached hydrogens (primary N) is 1. The predicted octanol–water partition coefficient (Wildman–Crippen LogP) is 0.483. The number of aromatic nitrogens is 2. The molecule has 1 aliphatic heterocycles. The van der Waals surface area contributed by atoms with E-state index in [9.17, 15) is 4.79 Å². The fourth-order valence-electron chi connectivity index (χ4n) is 2.04. The maximum absolute atomic E-state index is 12.1. The van der Waals surface area contributed by atoms with Crippen LogP contribution < -0.4 is 16.4 Å². The second-order valence-electron chi connectivity index (χ2n) is 5.09. The zero-order valence-corrected chi connectivity index (χ0v) is 10.9. The van der Waals surface area contributed by atoms with Crippen LogP contribution in [0.4, 0.5) is 5.82 Å². The summed E-state index contributed by atoms with van der Waals surface area (Å²) in [4.78, 5) is 12.1. The van der Waals surface area contributed by atoms with E-state index in [1.54, 1.807) is 19.2 Å². The fraction of sp³-hybridized carbons (Fsp3) is 0.667. The Hall–Kier alpha value is -1.40. The molecule has 4 N–H and O–H groups in total. The van der Waals surface area contributed by atoms with Gasteiger partial charge in [0.25, 0.3) is 0 Å². The van der Waals surface area contributed by atoms with Gasteiger partial charge >= 0.3 is 0 Å². The molecule has 1 fully saturated rings. The maximum atomic E-state index is 12.1. The van der Waals surface area contributed by atoms with E-state index in [4.69, 9.17) is 5.73 Å². The lowest BCUT2D eigenvalue weighted by Gasteiger charge is -2.29. The summed E-state index contributed by atoms with van der Waals surface area (Å²) in [6.07, 6.45) is 3.24. The van der Waals surface area contributed by atoms with Crippen LogP contribution in [-0.4, -0.2) is 34.3 Å². The molecule has 1 aromatic rings. The summed E-state index contributed by atoms with van der Waals surface area (Å²) in [5.74, 6) is 0.567. The first-order valence-electron chi connectivity index (χ1n) is 6.39. The number of nitrogens with one attached hydrogen (secondary N) is 2. The highest BCUT2D eigenvalue weighted by Crippen LogP contribution is 2.19. The first-order chi connectivity index (χ1) is 8.54. The van der Waals surface area contributed by atoms with Gasteiger partial charge in [0.2, 0.25) is 5.91 Å². The molecule has 1 saturated heterocycles. The summed E-state index contributed by atoms with van der Waals surface area (Å²) in [6.45, 7) is 5.55. The molecule has 0 spiro atoms. The van der Waals surface area contributed by atoms with E-state index in [0.29, 0.717) is 12.5 Å². The monoisotopic (exact) mass is 251 g/mol. The molecule has 18 heavy (non-hydrogen) atoms. The van der Waals surface area contributed by atoms with Crippen LogP contribution in [0.3, 0.4) is 0 Å². The van der Waals surface area contributed by atoms with Crippen LogP contribution in [0.25, 0.3) is 0 Å². The average Bonchev–Trinajstić information content (AvgIpc) is 2.63. The van der Waals surface area contributed by atoms with Gasteiger partial charge in [-0.2, -0.15) is 5.10 Å². The molecule has 1 atom stereocenters. The van der Waals surface area contributed by atoms with Crippen molar-refractivity contribution >= 4 is 11.7 Å². The highest BCUT2D eigenvalue weighted by molar-refractivity contribution is 5.97. The molecule has 2 rings (SSSR count). The lowest BCUT2D eigenvalue weighted by atomic mass is 9.96. The number of hydrogen-bond acceptors (Lipinski definition) is 4. The normalized spacial score (nSPS) is 19.1. The van der Waals surface area contributed by atoms with Crippen LogP contribution >= 0.6 is 0 Å². The highest BCUT2D eigenvalue weighted by Gasteiger charge is 2.29. The van der Waals surface area contributed by atoms with Crippen molar-refractivity contribution in [1.29, 1.82) is 0 Å². The van der Waals surface area contributed by atoms with Crippen molar-refractivity contribution in [2.24, 2.45) is 5.73 Å². The van der Waals surface area contributed by atoms with Crippen molar-refractivity contribution < 1.29 is 4.79 Å². The van der Waals surface area contributed by atoms with E-state index in [1.165, 1.54) is 0 Å². The van der Waals surface area contributed by atoms with Gasteiger partial charge in [0, 0.05) is 19.2 Å². The Kier molecular flexibility index (Phi) is 3.68. The van der Waals surface area contributed by atoms with Crippen LogP contribution in [0.5, 0.6) is 0 Å². The molecule has 1 amide bonds. The van der Waals surface area contributed by atoms with Gasteiger partial charge in [-0.3, -0.25) is 4.79 Å². The third-order valence-electron chi connectivity index (χ3n) is 3.31. The van der Waals surface area contributed by atoms with E-state index in [1.807, 2.05) is 11.6 Å². The number of hydrogen-bond donors (Lipinski definition) is 3. The molecule has 1 unspecified atom stereocenters. The van der Waals surface area contributed by atoms with E-state index in [2.05, 4.69) is 15.7 Å². The standard InChI is InChI=1S/C12H21N5O/c1-3-5-12(2,13)11(18)16-10-4-6-15-17(10)9-7-14-8-9/h4,6,9,14H,3,5,7-8,13H2,1-2H3,(H,16,18). The van der Waals surface area contributed by atoms with E-state index in [0.717, 1.165) is 25.3 Å². The fourth-order valence-corrected chi connectivity index (χ4v) is 2.04. The van der Waals surface area contributed by atoms with Crippen LogP contribution in [0.1, 0.15) is 32.7 Å². The Morgan fingerprint density at radius 2 is 2.44 bits per heavy atom. The van der Waals surface area contributed by atoms with Gasteiger partial charge in [-0.1, -0.05) is 13.3 Å². The zero-order chi connectivity index (χ0) is 13.2. The summed E-state index contributed by atoms with van der Waals surface area (Å²) < 4.78 is 1.84. The minimum Gasteiger partial charge on any atom is -0.318 e. The summed E-state index contributed by atoms with van der Waals surface area (Å²) in [7, 11) is 0. The third-order valence-corrected chi connectivity index (χ3v) is 3.31. The summed E-state index contributed by atoms with van der Waals surface area (Å²) in [6, 6.07) is 2.13. The minimum absolute atomic E-state index is 0.154. The number of carbonyl (C=O) groups is 1. The molecule has 2 heterocycles. The van der Waals surface area contributed by atoms with Crippen LogP contribution in [-0.2, 0) is 4.79 Å². The third kappa shape index (κ3) is 2.54. The molecular formula is C12H21N5O. The quantitative estimate of drug-likeness (QED) is 0.710. The van der Waals surface area contributed by atoms with Gasteiger partial charge in [0.15, 0.2) is 0 Å². The van der Waals surface area contributed by atoms with Crippen molar-refractivity contribution in [1.82, 2.24) is 15.1 Å². The molecule has 0 bridgehead atoms. The number of rotatable bonds is 5. The molecular weight excluding hydrogens is 230 g/mol. The predicted molar refractivity (Wildman–Crippen MR) is 70.3 cm³/mol. The summed E-state index contributed by atoms with van der Waals surface area (Å²) in [5.41, 5.74) is 5.17. The van der Waals surface area contributed by atoms with E-state index < -0.39 is 5.54 Å². The lowest BCUT2D eigenvalue weighted by Crippen LogP contribution is -2.49.